The fourth-order valence-electron chi connectivity index (χ4n) is 2.07. The first-order valence-corrected chi connectivity index (χ1v) is 7.22. The Morgan fingerprint density at radius 1 is 1.00 bits per heavy atom. The molecule has 0 bridgehead atoms. The van der Waals surface area contributed by atoms with Crippen molar-refractivity contribution in [1.82, 2.24) is 0 Å². The van der Waals surface area contributed by atoms with E-state index < -0.39 is 0 Å². The van der Waals surface area contributed by atoms with Crippen LogP contribution < -0.4 is 4.74 Å². The number of hydrogen-bond donors (Lipinski definition) is 0. The van der Waals surface area contributed by atoms with Crippen LogP contribution in [0.4, 0.5) is 0 Å². The quantitative estimate of drug-likeness (QED) is 0.663. The zero-order chi connectivity index (χ0) is 14.0. The van der Waals surface area contributed by atoms with Gasteiger partial charge >= 0.3 is 0 Å². The van der Waals surface area contributed by atoms with Crippen molar-refractivity contribution in [3.05, 3.63) is 29.8 Å². The van der Waals surface area contributed by atoms with E-state index in [-0.39, 0.29) is 0 Å². The summed E-state index contributed by atoms with van der Waals surface area (Å²) in [6.07, 6.45) is 4.92. The van der Waals surface area contributed by atoms with Gasteiger partial charge in [-0.05, 0) is 36.0 Å². The first-order valence-electron chi connectivity index (χ1n) is 7.22. The lowest BCUT2D eigenvalue weighted by molar-refractivity contribution is 0.405. The lowest BCUT2D eigenvalue weighted by Crippen LogP contribution is -2.20. The average Bonchev–Trinajstić information content (AvgIpc) is 2.40. The Morgan fingerprint density at radius 3 is 1.83 bits per heavy atom. The van der Waals surface area contributed by atoms with Crippen molar-refractivity contribution in [3.63, 3.8) is 0 Å². The molecule has 1 aromatic carbocycles. The molecule has 0 aliphatic rings. The molecule has 0 radical (unpaired) electrons. The molecule has 0 aromatic heterocycles. The molecule has 0 saturated heterocycles. The van der Waals surface area contributed by atoms with Gasteiger partial charge in [0.05, 0.1) is 7.11 Å². The Hall–Kier alpha value is -0.980. The fraction of sp³-hybridized carbons (Fsp3) is 0.647. The lowest BCUT2D eigenvalue weighted by atomic mass is 9.76. The highest BCUT2D eigenvalue weighted by Gasteiger charge is 2.22. The summed E-state index contributed by atoms with van der Waals surface area (Å²) >= 11 is 0. The van der Waals surface area contributed by atoms with Crippen molar-refractivity contribution < 1.29 is 4.74 Å². The first kappa shape index (κ1) is 17.0. The zero-order valence-electron chi connectivity index (χ0n) is 13.0. The summed E-state index contributed by atoms with van der Waals surface area (Å²) in [4.78, 5) is 0. The SMILES string of the molecule is CCC.CCCC(C)(CC)c1ccc(OC)cc1. The summed E-state index contributed by atoms with van der Waals surface area (Å²) in [5.74, 6) is 0.939. The molecule has 1 rings (SSSR count). The summed E-state index contributed by atoms with van der Waals surface area (Å²) in [5.41, 5.74) is 1.74. The summed E-state index contributed by atoms with van der Waals surface area (Å²) in [6.45, 7) is 11.1. The zero-order valence-corrected chi connectivity index (χ0v) is 13.0. The van der Waals surface area contributed by atoms with Crippen molar-refractivity contribution in [1.29, 1.82) is 0 Å². The molecule has 1 atom stereocenters. The van der Waals surface area contributed by atoms with E-state index in [2.05, 4.69) is 58.9 Å². The van der Waals surface area contributed by atoms with Crippen LogP contribution in [0, 0.1) is 0 Å². The Kier molecular flexibility index (Phi) is 8.53. The summed E-state index contributed by atoms with van der Waals surface area (Å²) in [5, 5.41) is 0. The molecular weight excluding hydrogens is 220 g/mol. The second-order valence-corrected chi connectivity index (χ2v) is 5.10. The highest BCUT2D eigenvalue weighted by atomic mass is 16.5. The predicted molar refractivity (Wildman–Crippen MR) is 81.5 cm³/mol. The monoisotopic (exact) mass is 250 g/mol. The molecule has 0 saturated carbocycles. The van der Waals surface area contributed by atoms with Crippen molar-refractivity contribution in [2.24, 2.45) is 0 Å². The van der Waals surface area contributed by atoms with Gasteiger partial charge in [-0.1, -0.05) is 59.6 Å². The van der Waals surface area contributed by atoms with Gasteiger partial charge in [-0.25, -0.2) is 0 Å². The molecule has 0 aliphatic heterocycles. The van der Waals surface area contributed by atoms with Gasteiger partial charge in [-0.3, -0.25) is 0 Å². The number of ether oxygens (including phenoxy) is 1. The van der Waals surface area contributed by atoms with E-state index in [0.29, 0.717) is 5.41 Å². The second kappa shape index (κ2) is 9.02. The van der Waals surface area contributed by atoms with Crippen LogP contribution in [0.3, 0.4) is 0 Å². The molecule has 1 nitrogen and oxygen atoms in total. The molecular formula is C17H30O. The van der Waals surface area contributed by atoms with Crippen LogP contribution in [0.1, 0.15) is 65.9 Å². The third-order valence-electron chi connectivity index (χ3n) is 3.37. The maximum Gasteiger partial charge on any atom is 0.118 e. The molecule has 0 amide bonds. The van der Waals surface area contributed by atoms with E-state index in [9.17, 15) is 0 Å². The van der Waals surface area contributed by atoms with Crippen LogP contribution in [0.25, 0.3) is 0 Å². The summed E-state index contributed by atoms with van der Waals surface area (Å²) in [7, 11) is 1.71. The number of hydrogen-bond acceptors (Lipinski definition) is 1. The van der Waals surface area contributed by atoms with Crippen LogP contribution in [0.5, 0.6) is 5.75 Å². The Morgan fingerprint density at radius 2 is 1.50 bits per heavy atom. The van der Waals surface area contributed by atoms with Crippen molar-refractivity contribution >= 4 is 0 Å². The topological polar surface area (TPSA) is 9.23 Å². The minimum absolute atomic E-state index is 0.320. The van der Waals surface area contributed by atoms with Crippen molar-refractivity contribution in [2.45, 2.75) is 65.7 Å². The van der Waals surface area contributed by atoms with Gasteiger partial charge in [0.2, 0.25) is 0 Å². The van der Waals surface area contributed by atoms with Crippen molar-refractivity contribution in [2.75, 3.05) is 7.11 Å². The maximum atomic E-state index is 5.18. The Bertz CT molecular complexity index is 302. The average molecular weight is 250 g/mol. The molecule has 104 valence electrons. The van der Waals surface area contributed by atoms with Crippen LogP contribution in [-0.2, 0) is 5.41 Å². The molecule has 1 aromatic rings. The van der Waals surface area contributed by atoms with Crippen molar-refractivity contribution in [3.8, 4) is 5.75 Å². The standard InChI is InChI=1S/C14H22O.C3H8/c1-5-11-14(3,6-2)12-7-9-13(15-4)10-8-12;1-3-2/h7-10H,5-6,11H2,1-4H3;3H2,1-2H3. The number of methoxy groups -OCH3 is 1. The van der Waals surface area contributed by atoms with Crippen LogP contribution in [0.2, 0.25) is 0 Å². The second-order valence-electron chi connectivity index (χ2n) is 5.10. The number of rotatable bonds is 5. The minimum atomic E-state index is 0.320. The molecule has 0 heterocycles. The highest BCUT2D eigenvalue weighted by molar-refractivity contribution is 5.31. The van der Waals surface area contributed by atoms with E-state index in [1.54, 1.807) is 7.11 Å². The fourth-order valence-corrected chi connectivity index (χ4v) is 2.07. The highest BCUT2D eigenvalue weighted by Crippen LogP contribution is 2.33. The van der Waals surface area contributed by atoms with Gasteiger partial charge in [0.1, 0.15) is 5.75 Å². The molecule has 1 heteroatoms. The van der Waals surface area contributed by atoms with E-state index in [1.165, 1.54) is 31.2 Å². The molecule has 0 fully saturated rings. The molecule has 0 spiro atoms. The van der Waals surface area contributed by atoms with E-state index in [4.69, 9.17) is 4.74 Å². The third-order valence-corrected chi connectivity index (χ3v) is 3.37. The molecule has 0 N–H and O–H groups in total. The Balaban J connectivity index is 0.000000873. The van der Waals surface area contributed by atoms with Gasteiger partial charge in [-0.15, -0.1) is 0 Å². The lowest BCUT2D eigenvalue weighted by Gasteiger charge is -2.28. The minimum Gasteiger partial charge on any atom is -0.497 e. The molecule has 0 aliphatic carbocycles. The van der Waals surface area contributed by atoms with Crippen LogP contribution in [0.15, 0.2) is 24.3 Å². The maximum absolute atomic E-state index is 5.18. The van der Waals surface area contributed by atoms with Gasteiger partial charge in [-0.2, -0.15) is 0 Å². The Labute approximate surface area is 114 Å². The summed E-state index contributed by atoms with van der Waals surface area (Å²) < 4.78 is 5.18. The van der Waals surface area contributed by atoms with Gasteiger partial charge in [0.15, 0.2) is 0 Å². The number of benzene rings is 1. The first-order chi connectivity index (χ1) is 8.57. The van der Waals surface area contributed by atoms with E-state index in [0.717, 1.165) is 5.75 Å². The summed E-state index contributed by atoms with van der Waals surface area (Å²) in [6, 6.07) is 8.49. The van der Waals surface area contributed by atoms with Gasteiger partial charge in [0.25, 0.3) is 0 Å². The predicted octanol–water partition coefficient (Wildman–Crippen LogP) is 5.58. The third kappa shape index (κ3) is 5.12. The van der Waals surface area contributed by atoms with Crippen LogP contribution in [-0.4, -0.2) is 7.11 Å². The smallest absolute Gasteiger partial charge is 0.118 e. The van der Waals surface area contributed by atoms with E-state index >= 15 is 0 Å². The molecule has 1 unspecified atom stereocenters. The molecule has 18 heavy (non-hydrogen) atoms. The van der Waals surface area contributed by atoms with Gasteiger partial charge in [0, 0.05) is 0 Å². The van der Waals surface area contributed by atoms with Crippen LogP contribution >= 0.6 is 0 Å². The van der Waals surface area contributed by atoms with E-state index in [1.807, 2.05) is 0 Å². The van der Waals surface area contributed by atoms with Gasteiger partial charge < -0.3 is 4.74 Å². The normalized spacial score (nSPS) is 13.2. The largest absolute Gasteiger partial charge is 0.497 e.